The number of Topliss-reactive ketones (excluding diaryl/α,β-unsaturated/α-hetero) is 2. The molecule has 1 atom stereocenters. The van der Waals surface area contributed by atoms with Gasteiger partial charge in [0.1, 0.15) is 4.87 Å². The van der Waals surface area contributed by atoms with E-state index in [1.165, 1.54) is 0 Å². The summed E-state index contributed by atoms with van der Waals surface area (Å²) < 4.78 is 0. The number of hydrogen-bond acceptors (Lipinski definition) is 2. The Kier molecular flexibility index (Phi) is 4.18. The number of carbonyl (C=O) groups is 2. The van der Waals surface area contributed by atoms with Gasteiger partial charge in [0.15, 0.2) is 11.6 Å². The van der Waals surface area contributed by atoms with E-state index in [4.69, 9.17) is 11.6 Å². The van der Waals surface area contributed by atoms with Gasteiger partial charge in [0.05, 0.1) is 0 Å². The molecular weight excluding hydrogens is 248 g/mol. The van der Waals surface area contributed by atoms with Gasteiger partial charge in [0.25, 0.3) is 0 Å². The van der Waals surface area contributed by atoms with Gasteiger partial charge in [-0.2, -0.15) is 0 Å². The number of alkyl halides is 1. The summed E-state index contributed by atoms with van der Waals surface area (Å²) >= 11 is 6.36. The zero-order valence-corrected chi connectivity index (χ0v) is 11.1. The summed E-state index contributed by atoms with van der Waals surface area (Å²) in [7, 11) is 0. The molecule has 2 nitrogen and oxygen atoms in total. The third-order valence-corrected chi connectivity index (χ3v) is 4.16. The second-order valence-electron chi connectivity index (χ2n) is 4.88. The van der Waals surface area contributed by atoms with Crippen molar-refractivity contribution in [3.05, 3.63) is 35.9 Å². The maximum absolute atomic E-state index is 12.0. The highest BCUT2D eigenvalue weighted by molar-refractivity contribution is 6.35. The predicted octanol–water partition coefficient (Wildman–Crippen LogP) is 3.77. The van der Waals surface area contributed by atoms with Gasteiger partial charge in [0, 0.05) is 18.4 Å². The SMILES string of the molecule is O=C(CCC1(Cl)CCCCC1=O)c1ccccc1. The molecule has 1 fully saturated rings. The van der Waals surface area contributed by atoms with Crippen LogP contribution >= 0.6 is 11.6 Å². The summed E-state index contributed by atoms with van der Waals surface area (Å²) in [5.74, 6) is 0.172. The standard InChI is InChI=1S/C15H17ClO2/c16-15(10-5-4-8-14(15)18)11-9-13(17)12-6-2-1-3-7-12/h1-3,6-7H,4-5,8-11H2. The molecule has 0 amide bonds. The molecule has 3 heteroatoms. The first-order chi connectivity index (χ1) is 8.62. The summed E-state index contributed by atoms with van der Waals surface area (Å²) in [5, 5.41) is 0. The van der Waals surface area contributed by atoms with Crippen LogP contribution in [-0.4, -0.2) is 16.4 Å². The van der Waals surface area contributed by atoms with Crippen LogP contribution in [0.4, 0.5) is 0 Å². The molecule has 0 radical (unpaired) electrons. The van der Waals surface area contributed by atoms with Gasteiger partial charge >= 0.3 is 0 Å². The van der Waals surface area contributed by atoms with Gasteiger partial charge in [-0.3, -0.25) is 9.59 Å². The molecule has 1 aromatic rings. The Hall–Kier alpha value is -1.15. The average molecular weight is 265 g/mol. The Bertz CT molecular complexity index is 441. The normalized spacial score (nSPS) is 23.9. The molecule has 0 bridgehead atoms. The Morgan fingerprint density at radius 1 is 1.22 bits per heavy atom. The van der Waals surface area contributed by atoms with Gasteiger partial charge in [0.2, 0.25) is 0 Å². The van der Waals surface area contributed by atoms with E-state index >= 15 is 0 Å². The van der Waals surface area contributed by atoms with E-state index in [-0.39, 0.29) is 11.6 Å². The van der Waals surface area contributed by atoms with Crippen LogP contribution in [-0.2, 0) is 4.79 Å². The highest BCUT2D eigenvalue weighted by Crippen LogP contribution is 2.35. The monoisotopic (exact) mass is 264 g/mol. The van der Waals surface area contributed by atoms with E-state index in [1.807, 2.05) is 18.2 Å². The van der Waals surface area contributed by atoms with Crippen LogP contribution in [0, 0.1) is 0 Å². The number of benzene rings is 1. The highest BCUT2D eigenvalue weighted by atomic mass is 35.5. The quantitative estimate of drug-likeness (QED) is 0.613. The van der Waals surface area contributed by atoms with Gasteiger partial charge in [-0.15, -0.1) is 11.6 Å². The van der Waals surface area contributed by atoms with Crippen molar-refractivity contribution in [2.45, 2.75) is 43.4 Å². The topological polar surface area (TPSA) is 34.1 Å². The van der Waals surface area contributed by atoms with E-state index < -0.39 is 4.87 Å². The molecule has 0 saturated heterocycles. The lowest BCUT2D eigenvalue weighted by atomic mass is 9.83. The van der Waals surface area contributed by atoms with Crippen molar-refractivity contribution in [2.24, 2.45) is 0 Å². The van der Waals surface area contributed by atoms with E-state index in [1.54, 1.807) is 12.1 Å². The molecule has 1 aromatic carbocycles. The lowest BCUT2D eigenvalue weighted by Crippen LogP contribution is -2.36. The molecule has 0 N–H and O–H groups in total. The van der Waals surface area contributed by atoms with Crippen LogP contribution in [0.5, 0.6) is 0 Å². The molecule has 96 valence electrons. The van der Waals surface area contributed by atoms with Crippen molar-refractivity contribution in [1.29, 1.82) is 0 Å². The first-order valence-corrected chi connectivity index (χ1v) is 6.80. The molecule has 1 unspecified atom stereocenters. The van der Waals surface area contributed by atoms with Gasteiger partial charge < -0.3 is 0 Å². The minimum atomic E-state index is -0.789. The summed E-state index contributed by atoms with van der Waals surface area (Å²) in [4.78, 5) is 23.0. The average Bonchev–Trinajstić information content (AvgIpc) is 2.41. The number of rotatable bonds is 4. The Balaban J connectivity index is 1.95. The van der Waals surface area contributed by atoms with Crippen LogP contribution in [0.25, 0.3) is 0 Å². The Morgan fingerprint density at radius 2 is 1.94 bits per heavy atom. The molecule has 0 spiro atoms. The van der Waals surface area contributed by atoms with E-state index in [9.17, 15) is 9.59 Å². The van der Waals surface area contributed by atoms with Crippen molar-refractivity contribution >= 4 is 23.2 Å². The summed E-state index contributed by atoms with van der Waals surface area (Å²) in [6.07, 6.45) is 3.98. The predicted molar refractivity (Wildman–Crippen MR) is 72.1 cm³/mol. The smallest absolute Gasteiger partial charge is 0.162 e. The van der Waals surface area contributed by atoms with Crippen LogP contribution in [0.1, 0.15) is 48.9 Å². The van der Waals surface area contributed by atoms with Gasteiger partial charge in [-0.05, 0) is 19.3 Å². The molecule has 1 aliphatic carbocycles. The molecule has 1 saturated carbocycles. The number of hydrogen-bond donors (Lipinski definition) is 0. The number of halogens is 1. The minimum absolute atomic E-state index is 0.0639. The van der Waals surface area contributed by atoms with E-state index in [2.05, 4.69) is 0 Å². The fraction of sp³-hybridized carbons (Fsp3) is 0.467. The second-order valence-corrected chi connectivity index (χ2v) is 5.61. The zero-order valence-electron chi connectivity index (χ0n) is 10.3. The van der Waals surface area contributed by atoms with Gasteiger partial charge in [-0.1, -0.05) is 36.8 Å². The van der Waals surface area contributed by atoms with Gasteiger partial charge in [-0.25, -0.2) is 0 Å². The first kappa shape index (κ1) is 13.3. The van der Waals surface area contributed by atoms with Crippen molar-refractivity contribution in [1.82, 2.24) is 0 Å². The highest BCUT2D eigenvalue weighted by Gasteiger charge is 2.37. The lowest BCUT2D eigenvalue weighted by molar-refractivity contribution is -0.123. The maximum atomic E-state index is 12.0. The molecule has 18 heavy (non-hydrogen) atoms. The van der Waals surface area contributed by atoms with Crippen LogP contribution < -0.4 is 0 Å². The molecular formula is C15H17ClO2. The fourth-order valence-electron chi connectivity index (χ4n) is 2.40. The van der Waals surface area contributed by atoms with Crippen LogP contribution in [0.2, 0.25) is 0 Å². The van der Waals surface area contributed by atoms with Crippen LogP contribution in [0.3, 0.4) is 0 Å². The third-order valence-electron chi connectivity index (χ3n) is 3.57. The van der Waals surface area contributed by atoms with Crippen LogP contribution in [0.15, 0.2) is 30.3 Å². The summed E-state index contributed by atoms with van der Waals surface area (Å²) in [6, 6.07) is 9.16. The first-order valence-electron chi connectivity index (χ1n) is 6.42. The minimum Gasteiger partial charge on any atom is -0.298 e. The maximum Gasteiger partial charge on any atom is 0.162 e. The Morgan fingerprint density at radius 3 is 2.61 bits per heavy atom. The number of carbonyl (C=O) groups excluding carboxylic acids is 2. The molecule has 2 rings (SSSR count). The summed E-state index contributed by atoms with van der Waals surface area (Å²) in [6.45, 7) is 0. The molecule has 1 aliphatic rings. The van der Waals surface area contributed by atoms with E-state index in [0.29, 0.717) is 31.2 Å². The molecule has 0 aromatic heterocycles. The fourth-order valence-corrected chi connectivity index (χ4v) is 2.72. The Labute approximate surface area is 112 Å². The largest absolute Gasteiger partial charge is 0.298 e. The summed E-state index contributed by atoms with van der Waals surface area (Å²) in [5.41, 5.74) is 0.695. The van der Waals surface area contributed by atoms with Crippen molar-refractivity contribution in [3.8, 4) is 0 Å². The van der Waals surface area contributed by atoms with Crippen molar-refractivity contribution in [3.63, 3.8) is 0 Å². The van der Waals surface area contributed by atoms with Crippen molar-refractivity contribution < 1.29 is 9.59 Å². The second kappa shape index (κ2) is 5.66. The number of ketones is 2. The third kappa shape index (κ3) is 2.99. The van der Waals surface area contributed by atoms with E-state index in [0.717, 1.165) is 12.8 Å². The molecule has 0 aliphatic heterocycles. The molecule has 0 heterocycles. The van der Waals surface area contributed by atoms with Crippen molar-refractivity contribution in [2.75, 3.05) is 0 Å². The lowest BCUT2D eigenvalue weighted by Gasteiger charge is -2.29. The zero-order chi connectivity index (χ0) is 13.0.